The normalized spacial score (nSPS) is 13.2. The zero-order chi connectivity index (χ0) is 14.6. The third-order valence-corrected chi connectivity index (χ3v) is 3.61. The first-order valence-corrected chi connectivity index (χ1v) is 7.42. The van der Waals surface area contributed by atoms with Crippen molar-refractivity contribution in [3.05, 3.63) is 18.2 Å². The van der Waals surface area contributed by atoms with Crippen LogP contribution in [0.1, 0.15) is 6.92 Å². The summed E-state index contributed by atoms with van der Waals surface area (Å²) >= 11 is 0. The van der Waals surface area contributed by atoms with Crippen LogP contribution < -0.4 is 24.2 Å². The van der Waals surface area contributed by atoms with Gasteiger partial charge in [0, 0.05) is 18.3 Å². The Kier molecular flexibility index (Phi) is 4.42. The minimum Gasteiger partial charge on any atom is -0.454 e. The van der Waals surface area contributed by atoms with Crippen LogP contribution in [0.3, 0.4) is 0 Å². The molecule has 20 heavy (non-hydrogen) atoms. The van der Waals surface area contributed by atoms with Gasteiger partial charge in [0.1, 0.15) is 0 Å². The summed E-state index contributed by atoms with van der Waals surface area (Å²) in [5.74, 6) is 0.664. The lowest BCUT2D eigenvalue weighted by Gasteiger charge is -2.08. The third-order valence-electron chi connectivity index (χ3n) is 2.41. The van der Waals surface area contributed by atoms with Crippen LogP contribution in [-0.2, 0) is 15.0 Å². The van der Waals surface area contributed by atoms with Gasteiger partial charge < -0.3 is 14.8 Å². The van der Waals surface area contributed by atoms with E-state index in [1.807, 2.05) is 0 Å². The summed E-state index contributed by atoms with van der Waals surface area (Å²) in [5, 5.41) is 2.56. The molecule has 0 atom stereocenters. The number of carbonyl (C=O) groups excluding carboxylic acids is 1. The summed E-state index contributed by atoms with van der Waals surface area (Å²) in [5.41, 5.74) is 0.502. The van der Waals surface area contributed by atoms with E-state index in [1.54, 1.807) is 25.1 Å². The van der Waals surface area contributed by atoms with Gasteiger partial charge in [-0.1, -0.05) is 6.92 Å². The molecule has 0 spiro atoms. The second-order valence-corrected chi connectivity index (χ2v) is 5.52. The summed E-state index contributed by atoms with van der Waals surface area (Å²) in [6.45, 7) is 1.68. The first kappa shape index (κ1) is 14.6. The van der Waals surface area contributed by atoms with Gasteiger partial charge in [-0.2, -0.15) is 13.1 Å². The van der Waals surface area contributed by atoms with E-state index in [0.717, 1.165) is 0 Å². The molecular formula is C11H15N3O5S. The number of ether oxygens (including phenoxy) is 2. The van der Waals surface area contributed by atoms with Gasteiger partial charge in [-0.25, -0.2) is 4.72 Å². The highest BCUT2D eigenvalue weighted by Crippen LogP contribution is 2.34. The predicted molar refractivity (Wildman–Crippen MR) is 71.8 cm³/mol. The monoisotopic (exact) mass is 301 g/mol. The maximum absolute atomic E-state index is 11.6. The molecular weight excluding hydrogens is 286 g/mol. The van der Waals surface area contributed by atoms with Crippen molar-refractivity contribution in [2.24, 2.45) is 0 Å². The molecule has 1 aromatic rings. The Morgan fingerprint density at radius 2 is 2.00 bits per heavy atom. The summed E-state index contributed by atoms with van der Waals surface area (Å²) in [7, 11) is -3.63. The average molecular weight is 301 g/mol. The quantitative estimate of drug-likeness (QED) is 0.674. The molecule has 9 heteroatoms. The Morgan fingerprint density at radius 1 is 1.25 bits per heavy atom. The molecule has 0 saturated carbocycles. The van der Waals surface area contributed by atoms with E-state index in [0.29, 0.717) is 17.2 Å². The molecule has 1 amide bonds. The zero-order valence-electron chi connectivity index (χ0n) is 10.8. The lowest BCUT2D eigenvalue weighted by atomic mass is 10.3. The molecule has 0 unspecified atom stereocenters. The fourth-order valence-electron chi connectivity index (χ4n) is 1.58. The highest BCUT2D eigenvalue weighted by atomic mass is 32.2. The van der Waals surface area contributed by atoms with Gasteiger partial charge in [-0.05, 0) is 12.1 Å². The Morgan fingerprint density at radius 3 is 2.75 bits per heavy atom. The molecule has 0 aromatic heterocycles. The van der Waals surface area contributed by atoms with Gasteiger partial charge in [0.25, 0.3) is 10.2 Å². The molecule has 1 aliphatic rings. The van der Waals surface area contributed by atoms with Gasteiger partial charge in [0.05, 0.1) is 6.54 Å². The number of carbonyl (C=O) groups is 1. The molecule has 0 bridgehead atoms. The van der Waals surface area contributed by atoms with Crippen LogP contribution >= 0.6 is 0 Å². The molecule has 1 heterocycles. The molecule has 3 N–H and O–H groups in total. The summed E-state index contributed by atoms with van der Waals surface area (Å²) in [6.07, 6.45) is 0. The SMILES string of the molecule is CCNS(=O)(=O)NCC(=O)Nc1ccc2c(c1)OCO2. The Bertz CT molecular complexity index is 602. The van der Waals surface area contributed by atoms with Gasteiger partial charge >= 0.3 is 0 Å². The van der Waals surface area contributed by atoms with Crippen molar-refractivity contribution in [3.63, 3.8) is 0 Å². The zero-order valence-corrected chi connectivity index (χ0v) is 11.6. The van der Waals surface area contributed by atoms with Crippen LogP contribution in [0.15, 0.2) is 18.2 Å². The number of rotatable bonds is 6. The van der Waals surface area contributed by atoms with Crippen LogP contribution in [-0.4, -0.2) is 34.2 Å². The van der Waals surface area contributed by atoms with Crippen LogP contribution in [0.5, 0.6) is 11.5 Å². The van der Waals surface area contributed by atoms with Gasteiger partial charge in [0.2, 0.25) is 12.7 Å². The molecule has 0 radical (unpaired) electrons. The van der Waals surface area contributed by atoms with Crippen molar-refractivity contribution < 1.29 is 22.7 Å². The number of fused-ring (bicyclic) bond motifs is 1. The lowest BCUT2D eigenvalue weighted by Crippen LogP contribution is -2.40. The summed E-state index contributed by atoms with van der Waals surface area (Å²) in [4.78, 5) is 11.6. The summed E-state index contributed by atoms with van der Waals surface area (Å²) in [6, 6.07) is 4.92. The van der Waals surface area contributed by atoms with Crippen molar-refractivity contribution in [1.29, 1.82) is 0 Å². The number of amides is 1. The van der Waals surface area contributed by atoms with Crippen LogP contribution in [0, 0.1) is 0 Å². The standard InChI is InChI=1S/C11H15N3O5S/c1-2-12-20(16,17)13-6-11(15)14-8-3-4-9-10(5-8)19-7-18-9/h3-5,12-13H,2,6-7H2,1H3,(H,14,15). The first-order chi connectivity index (χ1) is 9.50. The van der Waals surface area contributed by atoms with Crippen LogP contribution in [0.2, 0.25) is 0 Å². The first-order valence-electron chi connectivity index (χ1n) is 5.94. The van der Waals surface area contributed by atoms with Gasteiger partial charge in [0.15, 0.2) is 11.5 Å². The Hall–Kier alpha value is -1.84. The van der Waals surface area contributed by atoms with E-state index in [1.165, 1.54) is 0 Å². The summed E-state index contributed by atoms with van der Waals surface area (Å²) < 4.78 is 37.3. The lowest BCUT2D eigenvalue weighted by molar-refractivity contribution is -0.115. The fraction of sp³-hybridized carbons (Fsp3) is 0.364. The topological polar surface area (TPSA) is 106 Å². The molecule has 1 aromatic carbocycles. The third kappa shape index (κ3) is 3.83. The van der Waals surface area contributed by atoms with Crippen LogP contribution in [0.4, 0.5) is 5.69 Å². The smallest absolute Gasteiger partial charge is 0.277 e. The molecule has 110 valence electrons. The van der Waals surface area contributed by atoms with Gasteiger partial charge in [-0.15, -0.1) is 0 Å². The number of hydrogen-bond acceptors (Lipinski definition) is 5. The maximum atomic E-state index is 11.6. The van der Waals surface area contributed by atoms with E-state index in [2.05, 4.69) is 14.8 Å². The van der Waals surface area contributed by atoms with E-state index in [9.17, 15) is 13.2 Å². The predicted octanol–water partition coefficient (Wildman–Crippen LogP) is -0.202. The second kappa shape index (κ2) is 6.07. The van der Waals surface area contributed by atoms with Crippen molar-refractivity contribution in [1.82, 2.24) is 9.44 Å². The van der Waals surface area contributed by atoms with E-state index in [-0.39, 0.29) is 19.9 Å². The van der Waals surface area contributed by atoms with Crippen molar-refractivity contribution >= 4 is 21.8 Å². The Balaban J connectivity index is 1.89. The minimum absolute atomic E-state index is 0.148. The fourth-order valence-corrected chi connectivity index (χ4v) is 2.38. The molecule has 1 aliphatic heterocycles. The van der Waals surface area contributed by atoms with Crippen LogP contribution in [0.25, 0.3) is 0 Å². The largest absolute Gasteiger partial charge is 0.454 e. The molecule has 2 rings (SSSR count). The second-order valence-electron chi connectivity index (χ2n) is 3.94. The van der Waals surface area contributed by atoms with Crippen molar-refractivity contribution in [3.8, 4) is 11.5 Å². The Labute approximate surface area is 116 Å². The maximum Gasteiger partial charge on any atom is 0.277 e. The molecule has 0 saturated heterocycles. The van der Waals surface area contributed by atoms with Crippen molar-refractivity contribution in [2.45, 2.75) is 6.92 Å². The van der Waals surface area contributed by atoms with E-state index >= 15 is 0 Å². The number of benzene rings is 1. The van der Waals surface area contributed by atoms with E-state index < -0.39 is 16.1 Å². The number of anilines is 1. The average Bonchev–Trinajstić information content (AvgIpc) is 2.84. The molecule has 8 nitrogen and oxygen atoms in total. The highest BCUT2D eigenvalue weighted by Gasteiger charge is 2.15. The molecule has 0 fully saturated rings. The van der Waals surface area contributed by atoms with E-state index in [4.69, 9.17) is 9.47 Å². The number of nitrogens with one attached hydrogen (secondary N) is 3. The highest BCUT2D eigenvalue weighted by molar-refractivity contribution is 7.87. The molecule has 0 aliphatic carbocycles. The van der Waals surface area contributed by atoms with Crippen molar-refractivity contribution in [2.75, 3.05) is 25.2 Å². The number of hydrogen-bond donors (Lipinski definition) is 3. The minimum atomic E-state index is -3.63. The van der Waals surface area contributed by atoms with Gasteiger partial charge in [-0.3, -0.25) is 4.79 Å².